The molecule has 1 heterocycles. The number of non-ortho nitro benzene ring substituents is 1. The van der Waals surface area contributed by atoms with Crippen molar-refractivity contribution in [1.29, 1.82) is 5.26 Å². The van der Waals surface area contributed by atoms with Gasteiger partial charge in [0.2, 0.25) is 0 Å². The van der Waals surface area contributed by atoms with E-state index in [1.165, 1.54) is 12.1 Å². The van der Waals surface area contributed by atoms with Gasteiger partial charge in [0.05, 0.1) is 16.2 Å². The fourth-order valence-electron chi connectivity index (χ4n) is 2.70. The molecule has 0 aromatic heterocycles. The number of nitro groups is 1. The molecule has 6 nitrogen and oxygen atoms in total. The molecule has 6 heteroatoms. The Balaban J connectivity index is 2.29. The third-order valence-electron chi connectivity index (χ3n) is 3.97. The number of hydrogen-bond acceptors (Lipinski definition) is 5. The molecule has 0 amide bonds. The number of rotatable bonds is 3. The van der Waals surface area contributed by atoms with E-state index in [1.807, 2.05) is 0 Å². The van der Waals surface area contributed by atoms with E-state index in [0.29, 0.717) is 11.5 Å². The molecule has 2 rings (SSSR count). The average molecular weight is 274 g/mol. The number of piperidine rings is 1. The zero-order valence-corrected chi connectivity index (χ0v) is 11.5. The van der Waals surface area contributed by atoms with E-state index >= 15 is 0 Å². The van der Waals surface area contributed by atoms with Gasteiger partial charge in [0.25, 0.3) is 5.69 Å². The van der Waals surface area contributed by atoms with Crippen LogP contribution in [0, 0.1) is 27.4 Å². The number of nitrogens with zero attached hydrogens (tertiary/aromatic N) is 3. The summed E-state index contributed by atoms with van der Waals surface area (Å²) in [6, 6.07) is 6.70. The highest BCUT2D eigenvalue weighted by atomic mass is 16.6. The second-order valence-corrected chi connectivity index (χ2v) is 5.14. The zero-order valence-electron chi connectivity index (χ0n) is 11.5. The topological polar surface area (TPSA) is 96.2 Å². The fourth-order valence-corrected chi connectivity index (χ4v) is 2.70. The van der Waals surface area contributed by atoms with Gasteiger partial charge in [-0.15, -0.1) is 0 Å². The lowest BCUT2D eigenvalue weighted by Gasteiger charge is -2.38. The highest BCUT2D eigenvalue weighted by Crippen LogP contribution is 2.29. The third-order valence-corrected chi connectivity index (χ3v) is 3.97. The maximum absolute atomic E-state index is 10.8. The number of anilines is 1. The van der Waals surface area contributed by atoms with Gasteiger partial charge in [-0.2, -0.15) is 5.26 Å². The van der Waals surface area contributed by atoms with Gasteiger partial charge >= 0.3 is 0 Å². The molecule has 1 aliphatic rings. The van der Waals surface area contributed by atoms with Crippen LogP contribution in [0.1, 0.15) is 25.3 Å². The molecule has 1 aromatic carbocycles. The molecular weight excluding hydrogens is 256 g/mol. The number of nitro benzene ring substituents is 1. The van der Waals surface area contributed by atoms with E-state index in [1.54, 1.807) is 6.07 Å². The van der Waals surface area contributed by atoms with Crippen LogP contribution in [0.4, 0.5) is 11.4 Å². The molecule has 1 aliphatic heterocycles. The lowest BCUT2D eigenvalue weighted by molar-refractivity contribution is -0.384. The Bertz CT molecular complexity index is 553. The summed E-state index contributed by atoms with van der Waals surface area (Å²) < 4.78 is 0. The standard InChI is InChI=1S/C14H18N4O2/c1-2-10-9-17(6-5-13(10)16)14-4-3-12(18(19)20)7-11(14)8-15/h3-4,7,10,13H,2,5-6,9,16H2,1H3. The Hall–Kier alpha value is -2.13. The highest BCUT2D eigenvalue weighted by molar-refractivity contribution is 5.63. The molecule has 0 spiro atoms. The average Bonchev–Trinajstić information content (AvgIpc) is 2.47. The molecule has 0 saturated carbocycles. The number of benzene rings is 1. The number of nitrogens with two attached hydrogens (primary N) is 1. The fraction of sp³-hybridized carbons (Fsp3) is 0.500. The largest absolute Gasteiger partial charge is 0.370 e. The normalized spacial score (nSPS) is 22.4. The quantitative estimate of drug-likeness (QED) is 0.672. The van der Waals surface area contributed by atoms with Crippen LogP contribution in [0.2, 0.25) is 0 Å². The van der Waals surface area contributed by atoms with Crippen LogP contribution in [0.15, 0.2) is 18.2 Å². The highest BCUT2D eigenvalue weighted by Gasteiger charge is 2.27. The van der Waals surface area contributed by atoms with E-state index in [2.05, 4.69) is 17.9 Å². The monoisotopic (exact) mass is 274 g/mol. The van der Waals surface area contributed by atoms with Crippen LogP contribution in [0.3, 0.4) is 0 Å². The molecule has 2 atom stereocenters. The first-order valence-corrected chi connectivity index (χ1v) is 6.75. The molecule has 0 aliphatic carbocycles. The molecule has 2 unspecified atom stereocenters. The van der Waals surface area contributed by atoms with Crippen molar-refractivity contribution in [1.82, 2.24) is 0 Å². The van der Waals surface area contributed by atoms with E-state index in [4.69, 9.17) is 5.73 Å². The second kappa shape index (κ2) is 5.88. The molecule has 1 saturated heterocycles. The van der Waals surface area contributed by atoms with Gasteiger partial charge < -0.3 is 10.6 Å². The summed E-state index contributed by atoms with van der Waals surface area (Å²) in [7, 11) is 0. The molecule has 0 bridgehead atoms. The van der Waals surface area contributed by atoms with Gasteiger partial charge in [-0.1, -0.05) is 13.3 Å². The summed E-state index contributed by atoms with van der Waals surface area (Å²) in [6.07, 6.45) is 1.87. The molecular formula is C14H18N4O2. The van der Waals surface area contributed by atoms with Crippen molar-refractivity contribution < 1.29 is 4.92 Å². The molecule has 0 radical (unpaired) electrons. The SMILES string of the molecule is CCC1CN(c2ccc([N+](=O)[O-])cc2C#N)CCC1N. The predicted octanol–water partition coefficient (Wildman–Crippen LogP) is 2.03. The van der Waals surface area contributed by atoms with Gasteiger partial charge in [0, 0.05) is 31.3 Å². The van der Waals surface area contributed by atoms with Gasteiger partial charge in [0.1, 0.15) is 6.07 Å². The Morgan fingerprint density at radius 3 is 2.95 bits per heavy atom. The summed E-state index contributed by atoms with van der Waals surface area (Å²) in [5.41, 5.74) is 7.15. The number of nitriles is 1. The Labute approximate surface area is 117 Å². The summed E-state index contributed by atoms with van der Waals surface area (Å²) in [6.45, 7) is 3.68. The van der Waals surface area contributed by atoms with Crippen LogP contribution < -0.4 is 10.6 Å². The van der Waals surface area contributed by atoms with E-state index in [9.17, 15) is 15.4 Å². The molecule has 106 valence electrons. The first-order chi connectivity index (χ1) is 9.56. The predicted molar refractivity (Wildman–Crippen MR) is 76.4 cm³/mol. The number of hydrogen-bond donors (Lipinski definition) is 1. The van der Waals surface area contributed by atoms with Crippen molar-refractivity contribution in [2.45, 2.75) is 25.8 Å². The van der Waals surface area contributed by atoms with Crippen molar-refractivity contribution in [2.24, 2.45) is 11.7 Å². The lowest BCUT2D eigenvalue weighted by Crippen LogP contribution is -2.47. The second-order valence-electron chi connectivity index (χ2n) is 5.14. The van der Waals surface area contributed by atoms with Crippen molar-refractivity contribution >= 4 is 11.4 Å². The molecule has 1 fully saturated rings. The van der Waals surface area contributed by atoms with Gasteiger partial charge in [-0.25, -0.2) is 0 Å². The zero-order chi connectivity index (χ0) is 14.7. The van der Waals surface area contributed by atoms with Crippen LogP contribution in [-0.4, -0.2) is 24.1 Å². The van der Waals surface area contributed by atoms with Gasteiger partial charge in [-0.3, -0.25) is 10.1 Å². The minimum Gasteiger partial charge on any atom is -0.370 e. The van der Waals surface area contributed by atoms with E-state index in [-0.39, 0.29) is 11.7 Å². The Morgan fingerprint density at radius 1 is 1.60 bits per heavy atom. The van der Waals surface area contributed by atoms with Crippen molar-refractivity contribution in [3.63, 3.8) is 0 Å². The van der Waals surface area contributed by atoms with Crippen molar-refractivity contribution in [2.75, 3.05) is 18.0 Å². The van der Waals surface area contributed by atoms with Crippen LogP contribution in [-0.2, 0) is 0 Å². The smallest absolute Gasteiger partial charge is 0.270 e. The molecule has 2 N–H and O–H groups in total. The Morgan fingerprint density at radius 2 is 2.35 bits per heavy atom. The van der Waals surface area contributed by atoms with Crippen LogP contribution in [0.5, 0.6) is 0 Å². The summed E-state index contributed by atoms with van der Waals surface area (Å²) >= 11 is 0. The first kappa shape index (κ1) is 14.3. The maximum atomic E-state index is 10.8. The summed E-state index contributed by atoms with van der Waals surface area (Å²) in [5.74, 6) is 0.394. The van der Waals surface area contributed by atoms with Gasteiger partial charge in [0.15, 0.2) is 0 Å². The minimum atomic E-state index is -0.481. The van der Waals surface area contributed by atoms with Crippen LogP contribution in [0.25, 0.3) is 0 Å². The Kier molecular flexibility index (Phi) is 4.20. The first-order valence-electron chi connectivity index (χ1n) is 6.75. The molecule has 20 heavy (non-hydrogen) atoms. The third kappa shape index (κ3) is 2.73. The van der Waals surface area contributed by atoms with E-state index < -0.39 is 4.92 Å². The van der Waals surface area contributed by atoms with Crippen molar-refractivity contribution in [3.05, 3.63) is 33.9 Å². The van der Waals surface area contributed by atoms with E-state index in [0.717, 1.165) is 31.6 Å². The van der Waals surface area contributed by atoms with Gasteiger partial charge in [-0.05, 0) is 18.4 Å². The minimum absolute atomic E-state index is 0.0500. The summed E-state index contributed by atoms with van der Waals surface area (Å²) in [5, 5.41) is 20.0. The maximum Gasteiger partial charge on any atom is 0.270 e. The lowest BCUT2D eigenvalue weighted by atomic mass is 9.90. The molecule has 1 aromatic rings. The van der Waals surface area contributed by atoms with Crippen molar-refractivity contribution in [3.8, 4) is 6.07 Å². The van der Waals surface area contributed by atoms with Crippen LogP contribution >= 0.6 is 0 Å². The summed E-state index contributed by atoms with van der Waals surface area (Å²) in [4.78, 5) is 12.4.